The monoisotopic (exact) mass is 399 g/mol. The zero-order valence-corrected chi connectivity index (χ0v) is 14.3. The van der Waals surface area contributed by atoms with Crippen LogP contribution in [0.25, 0.3) is 0 Å². The van der Waals surface area contributed by atoms with E-state index in [1.807, 2.05) is 12.1 Å². The van der Waals surface area contributed by atoms with E-state index in [-0.39, 0.29) is 6.04 Å². The van der Waals surface area contributed by atoms with Crippen LogP contribution in [-0.2, 0) is 6.42 Å². The first-order valence-electron chi connectivity index (χ1n) is 6.02. The van der Waals surface area contributed by atoms with Crippen LogP contribution in [0.3, 0.4) is 0 Å². The Labute approximate surface area is 135 Å². The molecule has 0 saturated heterocycles. The van der Waals surface area contributed by atoms with Crippen molar-refractivity contribution in [2.75, 3.05) is 5.75 Å². The van der Waals surface area contributed by atoms with Gasteiger partial charge in [0.2, 0.25) is 0 Å². The summed E-state index contributed by atoms with van der Waals surface area (Å²) < 4.78 is 2.22. The van der Waals surface area contributed by atoms with Crippen LogP contribution >= 0.6 is 43.6 Å². The molecule has 0 aromatic heterocycles. The van der Waals surface area contributed by atoms with Crippen LogP contribution < -0.4 is 5.73 Å². The molecule has 2 aromatic carbocycles. The van der Waals surface area contributed by atoms with Gasteiger partial charge in [-0.3, -0.25) is 0 Å². The quantitative estimate of drug-likeness (QED) is 0.724. The summed E-state index contributed by atoms with van der Waals surface area (Å²) in [6.07, 6.45) is 0.906. The molecular weight excluding hydrogens is 386 g/mol. The molecule has 0 aliphatic carbocycles. The number of benzene rings is 2. The molecule has 1 atom stereocenters. The van der Waals surface area contributed by atoms with Crippen LogP contribution in [0.5, 0.6) is 0 Å². The van der Waals surface area contributed by atoms with Crippen molar-refractivity contribution in [2.45, 2.75) is 17.4 Å². The number of hydrogen-bond donors (Lipinski definition) is 1. The molecule has 1 unspecified atom stereocenters. The molecule has 4 heteroatoms. The highest BCUT2D eigenvalue weighted by Crippen LogP contribution is 2.22. The summed E-state index contributed by atoms with van der Waals surface area (Å²) in [4.78, 5) is 1.26. The Morgan fingerprint density at radius 2 is 1.74 bits per heavy atom. The number of halogens is 2. The molecule has 0 aliphatic heterocycles. The van der Waals surface area contributed by atoms with Crippen molar-refractivity contribution in [3.63, 3.8) is 0 Å². The topological polar surface area (TPSA) is 26.0 Å². The van der Waals surface area contributed by atoms with Gasteiger partial charge >= 0.3 is 0 Å². The van der Waals surface area contributed by atoms with Gasteiger partial charge in [0.05, 0.1) is 0 Å². The average Bonchev–Trinajstić information content (AvgIpc) is 2.38. The third kappa shape index (κ3) is 5.30. The standard InChI is InChI=1S/C15H15Br2NS/c16-12-4-6-15(7-5-12)19-10-14(18)9-11-2-1-3-13(17)8-11/h1-8,14H,9-10,18H2. The highest BCUT2D eigenvalue weighted by Gasteiger charge is 2.05. The predicted molar refractivity (Wildman–Crippen MR) is 90.7 cm³/mol. The Hall–Kier alpha value is -0.290. The van der Waals surface area contributed by atoms with Gasteiger partial charge < -0.3 is 5.73 Å². The maximum Gasteiger partial charge on any atom is 0.0178 e. The van der Waals surface area contributed by atoms with Crippen molar-refractivity contribution >= 4 is 43.6 Å². The Kier molecular flexibility index (Phi) is 5.95. The van der Waals surface area contributed by atoms with Crippen molar-refractivity contribution in [3.8, 4) is 0 Å². The van der Waals surface area contributed by atoms with Crippen molar-refractivity contribution in [3.05, 3.63) is 63.0 Å². The van der Waals surface area contributed by atoms with E-state index in [9.17, 15) is 0 Å². The molecule has 0 spiro atoms. The number of rotatable bonds is 5. The summed E-state index contributed by atoms with van der Waals surface area (Å²) in [6, 6.07) is 16.8. The lowest BCUT2D eigenvalue weighted by atomic mass is 10.1. The maximum absolute atomic E-state index is 6.19. The van der Waals surface area contributed by atoms with E-state index in [2.05, 4.69) is 68.3 Å². The van der Waals surface area contributed by atoms with E-state index >= 15 is 0 Å². The molecule has 19 heavy (non-hydrogen) atoms. The van der Waals surface area contributed by atoms with Gasteiger partial charge in [-0.25, -0.2) is 0 Å². The molecule has 0 radical (unpaired) electrons. The fourth-order valence-electron chi connectivity index (χ4n) is 1.76. The third-order valence-electron chi connectivity index (χ3n) is 2.66. The van der Waals surface area contributed by atoms with Gasteiger partial charge in [-0.05, 0) is 48.4 Å². The van der Waals surface area contributed by atoms with Gasteiger partial charge in [0.15, 0.2) is 0 Å². The third-order valence-corrected chi connectivity index (χ3v) is 4.89. The lowest BCUT2D eigenvalue weighted by Crippen LogP contribution is -2.25. The highest BCUT2D eigenvalue weighted by atomic mass is 79.9. The molecule has 0 saturated carbocycles. The number of thioether (sulfide) groups is 1. The van der Waals surface area contributed by atoms with Crippen LogP contribution in [-0.4, -0.2) is 11.8 Å². The minimum absolute atomic E-state index is 0.169. The Morgan fingerprint density at radius 3 is 2.42 bits per heavy atom. The summed E-state index contributed by atoms with van der Waals surface area (Å²) >= 11 is 8.73. The van der Waals surface area contributed by atoms with E-state index in [0.29, 0.717) is 0 Å². The van der Waals surface area contributed by atoms with Crippen molar-refractivity contribution in [1.29, 1.82) is 0 Å². The molecular formula is C15H15Br2NS. The lowest BCUT2D eigenvalue weighted by Gasteiger charge is -2.11. The summed E-state index contributed by atoms with van der Waals surface area (Å²) in [5.41, 5.74) is 7.46. The predicted octanol–water partition coefficient (Wildman–Crippen LogP) is 4.87. The minimum Gasteiger partial charge on any atom is -0.327 e. The Balaban J connectivity index is 1.84. The SMILES string of the molecule is NC(CSc1ccc(Br)cc1)Cc1cccc(Br)c1. The van der Waals surface area contributed by atoms with E-state index < -0.39 is 0 Å². The van der Waals surface area contributed by atoms with Crippen LogP contribution in [0.4, 0.5) is 0 Å². The van der Waals surface area contributed by atoms with E-state index in [4.69, 9.17) is 5.73 Å². The summed E-state index contributed by atoms with van der Waals surface area (Å²) in [5.74, 6) is 0.925. The van der Waals surface area contributed by atoms with E-state index in [1.165, 1.54) is 10.5 Å². The summed E-state index contributed by atoms with van der Waals surface area (Å²) in [5, 5.41) is 0. The van der Waals surface area contributed by atoms with Gasteiger partial charge in [-0.15, -0.1) is 11.8 Å². The number of nitrogens with two attached hydrogens (primary N) is 1. The molecule has 2 aromatic rings. The summed E-state index contributed by atoms with van der Waals surface area (Å²) in [6.45, 7) is 0. The molecule has 1 nitrogen and oxygen atoms in total. The second-order valence-electron chi connectivity index (χ2n) is 4.36. The van der Waals surface area contributed by atoms with Crippen LogP contribution in [0, 0.1) is 0 Å². The first-order chi connectivity index (χ1) is 9.13. The molecule has 0 aliphatic rings. The molecule has 0 heterocycles. The first kappa shape index (κ1) is 15.1. The first-order valence-corrected chi connectivity index (χ1v) is 8.59. The van der Waals surface area contributed by atoms with Gasteiger partial charge in [0.1, 0.15) is 0 Å². The van der Waals surface area contributed by atoms with Crippen LogP contribution in [0.1, 0.15) is 5.56 Å². The average molecular weight is 401 g/mol. The Morgan fingerprint density at radius 1 is 1.00 bits per heavy atom. The normalized spacial score (nSPS) is 12.4. The van der Waals surface area contributed by atoms with E-state index in [1.54, 1.807) is 11.8 Å². The lowest BCUT2D eigenvalue weighted by molar-refractivity contribution is 0.748. The van der Waals surface area contributed by atoms with Gasteiger partial charge in [-0.1, -0.05) is 44.0 Å². The molecule has 2 rings (SSSR count). The Bertz CT molecular complexity index is 528. The highest BCUT2D eigenvalue weighted by molar-refractivity contribution is 9.10. The molecule has 0 bridgehead atoms. The minimum atomic E-state index is 0.169. The number of hydrogen-bond acceptors (Lipinski definition) is 2. The van der Waals surface area contributed by atoms with Crippen molar-refractivity contribution < 1.29 is 0 Å². The molecule has 0 fully saturated rings. The zero-order chi connectivity index (χ0) is 13.7. The fraction of sp³-hybridized carbons (Fsp3) is 0.200. The zero-order valence-electron chi connectivity index (χ0n) is 10.4. The molecule has 2 N–H and O–H groups in total. The molecule has 0 amide bonds. The van der Waals surface area contributed by atoms with E-state index in [0.717, 1.165) is 21.1 Å². The van der Waals surface area contributed by atoms with Crippen molar-refractivity contribution in [1.82, 2.24) is 0 Å². The largest absolute Gasteiger partial charge is 0.327 e. The smallest absolute Gasteiger partial charge is 0.0178 e. The fourth-order valence-corrected chi connectivity index (χ4v) is 3.32. The molecule has 100 valence electrons. The van der Waals surface area contributed by atoms with Crippen LogP contribution in [0.2, 0.25) is 0 Å². The van der Waals surface area contributed by atoms with Gasteiger partial charge in [-0.2, -0.15) is 0 Å². The van der Waals surface area contributed by atoms with Crippen LogP contribution in [0.15, 0.2) is 62.4 Å². The second-order valence-corrected chi connectivity index (χ2v) is 7.28. The second kappa shape index (κ2) is 7.48. The van der Waals surface area contributed by atoms with Gasteiger partial charge in [0, 0.05) is 25.6 Å². The maximum atomic E-state index is 6.19. The van der Waals surface area contributed by atoms with Gasteiger partial charge in [0.25, 0.3) is 0 Å². The van der Waals surface area contributed by atoms with Crippen molar-refractivity contribution in [2.24, 2.45) is 5.73 Å². The summed E-state index contributed by atoms with van der Waals surface area (Å²) in [7, 11) is 0.